The van der Waals surface area contributed by atoms with Crippen molar-refractivity contribution in [2.75, 3.05) is 11.6 Å². The molecular weight excluding hydrogens is 296 g/mol. The highest BCUT2D eigenvalue weighted by molar-refractivity contribution is 7.90. The Balaban J connectivity index is 1.94. The zero-order chi connectivity index (χ0) is 15.7. The smallest absolute Gasteiger partial charge is 0.177 e. The van der Waals surface area contributed by atoms with Gasteiger partial charge in [0.25, 0.3) is 0 Å². The Labute approximate surface area is 130 Å². The van der Waals surface area contributed by atoms with Crippen LogP contribution in [0.1, 0.15) is 29.2 Å². The Bertz CT molecular complexity index is 866. The molecule has 5 heteroatoms. The Hall–Kier alpha value is -2.32. The SMILES string of the molecule is CS(=O)(=O)c1ccccc1NC1CCc2cc(C#N)ccc21. The van der Waals surface area contributed by atoms with Crippen molar-refractivity contribution in [2.24, 2.45) is 0 Å². The number of aryl methyl sites for hydroxylation is 1. The second-order valence-corrected chi connectivity index (χ2v) is 7.51. The summed E-state index contributed by atoms with van der Waals surface area (Å²) in [7, 11) is -3.27. The highest BCUT2D eigenvalue weighted by Crippen LogP contribution is 2.35. The summed E-state index contributed by atoms with van der Waals surface area (Å²) in [4.78, 5) is 0.317. The fraction of sp³-hybridized carbons (Fsp3) is 0.235. The number of fused-ring (bicyclic) bond motifs is 1. The predicted molar refractivity (Wildman–Crippen MR) is 85.4 cm³/mol. The van der Waals surface area contributed by atoms with Crippen molar-refractivity contribution in [1.29, 1.82) is 5.26 Å². The average molecular weight is 312 g/mol. The largest absolute Gasteiger partial charge is 0.377 e. The Morgan fingerprint density at radius 1 is 1.23 bits per heavy atom. The third-order valence-electron chi connectivity index (χ3n) is 3.97. The van der Waals surface area contributed by atoms with Gasteiger partial charge in [-0.2, -0.15) is 5.26 Å². The van der Waals surface area contributed by atoms with Crippen molar-refractivity contribution >= 4 is 15.5 Å². The Morgan fingerprint density at radius 2 is 2.00 bits per heavy atom. The summed E-state index contributed by atoms with van der Waals surface area (Å²) in [5.41, 5.74) is 3.60. The number of nitrogens with one attached hydrogen (secondary N) is 1. The molecular formula is C17H16N2O2S. The molecule has 1 N–H and O–H groups in total. The average Bonchev–Trinajstić information content (AvgIpc) is 2.89. The number of hydrogen-bond donors (Lipinski definition) is 1. The van der Waals surface area contributed by atoms with E-state index in [2.05, 4.69) is 11.4 Å². The van der Waals surface area contributed by atoms with Gasteiger partial charge in [0.1, 0.15) is 0 Å². The van der Waals surface area contributed by atoms with E-state index in [-0.39, 0.29) is 6.04 Å². The summed E-state index contributed by atoms with van der Waals surface area (Å²) in [6, 6.07) is 14.9. The van der Waals surface area contributed by atoms with Crippen molar-refractivity contribution in [1.82, 2.24) is 0 Å². The van der Waals surface area contributed by atoms with Gasteiger partial charge >= 0.3 is 0 Å². The molecule has 0 aromatic heterocycles. The summed E-state index contributed by atoms with van der Waals surface area (Å²) in [5, 5.41) is 12.3. The minimum atomic E-state index is -3.27. The lowest BCUT2D eigenvalue weighted by atomic mass is 10.1. The second kappa shape index (κ2) is 5.47. The fourth-order valence-electron chi connectivity index (χ4n) is 2.93. The van der Waals surface area contributed by atoms with E-state index in [1.807, 2.05) is 18.2 Å². The number of sulfone groups is 1. The van der Waals surface area contributed by atoms with Crippen LogP contribution in [0, 0.1) is 11.3 Å². The summed E-state index contributed by atoms with van der Waals surface area (Å²) in [5.74, 6) is 0. The molecule has 2 aromatic carbocycles. The lowest BCUT2D eigenvalue weighted by molar-refractivity contribution is 0.602. The molecule has 0 radical (unpaired) electrons. The molecule has 0 saturated heterocycles. The first-order valence-electron chi connectivity index (χ1n) is 7.07. The lowest BCUT2D eigenvalue weighted by Gasteiger charge is -2.18. The molecule has 0 aliphatic heterocycles. The van der Waals surface area contributed by atoms with Gasteiger partial charge in [0.05, 0.1) is 28.3 Å². The monoisotopic (exact) mass is 312 g/mol. The first-order chi connectivity index (χ1) is 10.5. The minimum absolute atomic E-state index is 0.0747. The molecule has 22 heavy (non-hydrogen) atoms. The number of nitriles is 1. The number of para-hydroxylation sites is 1. The van der Waals surface area contributed by atoms with Crippen LogP contribution in [-0.2, 0) is 16.3 Å². The van der Waals surface area contributed by atoms with Crippen molar-refractivity contribution in [3.8, 4) is 6.07 Å². The topological polar surface area (TPSA) is 70.0 Å². The highest BCUT2D eigenvalue weighted by Gasteiger charge is 2.24. The molecule has 0 bridgehead atoms. The van der Waals surface area contributed by atoms with E-state index in [1.54, 1.807) is 24.3 Å². The maximum absolute atomic E-state index is 11.9. The van der Waals surface area contributed by atoms with Crippen LogP contribution in [0.4, 0.5) is 5.69 Å². The molecule has 1 aliphatic rings. The van der Waals surface area contributed by atoms with Crippen molar-refractivity contribution in [2.45, 2.75) is 23.8 Å². The van der Waals surface area contributed by atoms with Crippen LogP contribution in [0.5, 0.6) is 0 Å². The van der Waals surface area contributed by atoms with E-state index in [4.69, 9.17) is 5.26 Å². The number of hydrogen-bond acceptors (Lipinski definition) is 4. The van der Waals surface area contributed by atoms with E-state index >= 15 is 0 Å². The number of benzene rings is 2. The zero-order valence-electron chi connectivity index (χ0n) is 12.2. The van der Waals surface area contributed by atoms with E-state index in [9.17, 15) is 8.42 Å². The normalized spacial score (nSPS) is 16.8. The van der Waals surface area contributed by atoms with Crippen LogP contribution in [0.15, 0.2) is 47.4 Å². The first-order valence-corrected chi connectivity index (χ1v) is 8.97. The molecule has 0 heterocycles. The maximum atomic E-state index is 11.9. The van der Waals surface area contributed by atoms with Gasteiger partial charge in [-0.1, -0.05) is 18.2 Å². The summed E-state index contributed by atoms with van der Waals surface area (Å²) in [6.45, 7) is 0. The van der Waals surface area contributed by atoms with Gasteiger partial charge in [-0.05, 0) is 48.2 Å². The van der Waals surface area contributed by atoms with Crippen LogP contribution in [0.2, 0.25) is 0 Å². The molecule has 1 aliphatic carbocycles. The Morgan fingerprint density at radius 3 is 2.73 bits per heavy atom. The summed E-state index contributed by atoms with van der Waals surface area (Å²) >= 11 is 0. The molecule has 4 nitrogen and oxygen atoms in total. The second-order valence-electron chi connectivity index (χ2n) is 5.53. The molecule has 1 unspecified atom stereocenters. The first kappa shape index (κ1) is 14.6. The van der Waals surface area contributed by atoms with Gasteiger partial charge in [-0.25, -0.2) is 8.42 Å². The molecule has 1 atom stereocenters. The van der Waals surface area contributed by atoms with Crippen molar-refractivity contribution in [3.05, 3.63) is 59.2 Å². The quantitative estimate of drug-likeness (QED) is 0.945. The van der Waals surface area contributed by atoms with E-state index < -0.39 is 9.84 Å². The van der Waals surface area contributed by atoms with E-state index in [0.717, 1.165) is 24.0 Å². The molecule has 0 amide bonds. The standard InChI is InChI=1S/C17H16N2O2S/c1-22(20,21)17-5-3-2-4-16(17)19-15-9-7-13-10-12(11-18)6-8-14(13)15/h2-6,8,10,15,19H,7,9H2,1H3. The third kappa shape index (κ3) is 2.70. The molecule has 0 saturated carbocycles. The van der Waals surface area contributed by atoms with Crippen molar-refractivity contribution in [3.63, 3.8) is 0 Å². The van der Waals surface area contributed by atoms with Gasteiger partial charge in [-0.3, -0.25) is 0 Å². The minimum Gasteiger partial charge on any atom is -0.377 e. The van der Waals surface area contributed by atoms with Crippen LogP contribution in [-0.4, -0.2) is 14.7 Å². The third-order valence-corrected chi connectivity index (χ3v) is 5.12. The van der Waals surface area contributed by atoms with Crippen molar-refractivity contribution < 1.29 is 8.42 Å². The molecule has 3 rings (SSSR count). The van der Waals surface area contributed by atoms with Gasteiger partial charge in [0.2, 0.25) is 0 Å². The predicted octanol–water partition coefficient (Wildman–Crippen LogP) is 3.06. The molecule has 2 aromatic rings. The Kier molecular flexibility index (Phi) is 3.63. The van der Waals surface area contributed by atoms with Gasteiger partial charge in [-0.15, -0.1) is 0 Å². The zero-order valence-corrected chi connectivity index (χ0v) is 13.0. The summed E-state index contributed by atoms with van der Waals surface area (Å²) in [6.07, 6.45) is 3.00. The van der Waals surface area contributed by atoms with Crippen LogP contribution < -0.4 is 5.32 Å². The number of nitrogens with zero attached hydrogens (tertiary/aromatic N) is 1. The van der Waals surface area contributed by atoms with Crippen LogP contribution >= 0.6 is 0 Å². The molecule has 0 spiro atoms. The van der Waals surface area contributed by atoms with Gasteiger partial charge in [0.15, 0.2) is 9.84 Å². The number of rotatable bonds is 3. The summed E-state index contributed by atoms with van der Waals surface area (Å²) < 4.78 is 23.8. The fourth-order valence-corrected chi connectivity index (χ4v) is 3.79. The highest BCUT2D eigenvalue weighted by atomic mass is 32.2. The van der Waals surface area contributed by atoms with Gasteiger partial charge < -0.3 is 5.32 Å². The lowest BCUT2D eigenvalue weighted by Crippen LogP contribution is -2.10. The maximum Gasteiger partial charge on any atom is 0.177 e. The number of anilines is 1. The van der Waals surface area contributed by atoms with E-state index in [0.29, 0.717) is 16.1 Å². The molecule has 112 valence electrons. The van der Waals surface area contributed by atoms with Crippen LogP contribution in [0.3, 0.4) is 0 Å². The van der Waals surface area contributed by atoms with Crippen LogP contribution in [0.25, 0.3) is 0 Å². The van der Waals surface area contributed by atoms with E-state index in [1.165, 1.54) is 6.26 Å². The van der Waals surface area contributed by atoms with Gasteiger partial charge in [0, 0.05) is 6.26 Å². The molecule has 0 fully saturated rings.